The fourth-order valence-electron chi connectivity index (χ4n) is 4.01. The average Bonchev–Trinajstić information content (AvgIpc) is 3.22. The van der Waals surface area contributed by atoms with Crippen LogP contribution in [0.2, 0.25) is 0 Å². The highest BCUT2D eigenvalue weighted by molar-refractivity contribution is 7.80. The van der Waals surface area contributed by atoms with E-state index in [0.717, 1.165) is 30.7 Å². The average molecular weight is 491 g/mol. The Morgan fingerprint density at radius 1 is 0.909 bits per heavy atom. The highest BCUT2D eigenvalue weighted by Crippen LogP contribution is 2.14. The lowest BCUT2D eigenvalue weighted by Crippen LogP contribution is -2.48. The van der Waals surface area contributed by atoms with Gasteiger partial charge in [-0.25, -0.2) is 13.4 Å². The molecule has 196 valence electrons. The number of hydrogen-bond donors (Lipinski definition) is 1. The van der Waals surface area contributed by atoms with Crippen LogP contribution in [0.25, 0.3) is 0 Å². The molecule has 8 heteroatoms. The first-order valence-electron chi connectivity index (χ1n) is 13.1. The Morgan fingerprint density at radius 3 is 1.88 bits per heavy atom. The van der Waals surface area contributed by atoms with E-state index in [-0.39, 0.29) is 13.2 Å². The van der Waals surface area contributed by atoms with Gasteiger partial charge in [0.15, 0.2) is 6.34 Å². The number of aliphatic hydroxyl groups is 1. The van der Waals surface area contributed by atoms with Gasteiger partial charge in [0.2, 0.25) is 10.4 Å². The molecule has 1 N–H and O–H groups in total. The van der Waals surface area contributed by atoms with Gasteiger partial charge in [0, 0.05) is 0 Å². The van der Waals surface area contributed by atoms with Crippen molar-refractivity contribution in [3.63, 3.8) is 0 Å². The molecule has 1 heterocycles. The first-order chi connectivity index (χ1) is 15.9. The molecule has 0 aromatic rings. The van der Waals surface area contributed by atoms with E-state index in [0.29, 0.717) is 0 Å². The zero-order valence-corrected chi connectivity index (χ0v) is 22.1. The fraction of sp³-hybridized carbons (Fsp3) is 0.880. The molecule has 1 unspecified atom stereocenters. The third-order valence-corrected chi connectivity index (χ3v) is 6.45. The fourth-order valence-corrected chi connectivity index (χ4v) is 4.30. The number of aliphatic imine (C=N–C) groups is 1. The highest BCUT2D eigenvalue weighted by atomic mass is 32.3. The van der Waals surface area contributed by atoms with Crippen molar-refractivity contribution >= 4 is 16.7 Å². The summed E-state index contributed by atoms with van der Waals surface area (Å²) in [5, 5.41) is 9.24. The molecular weight excluding hydrogens is 440 g/mol. The third kappa shape index (κ3) is 21.5. The number of unbranched alkanes of at least 4 members (excludes halogenated alkanes) is 12. The summed E-state index contributed by atoms with van der Waals surface area (Å²) in [5.74, 6) is 0. The van der Waals surface area contributed by atoms with Crippen molar-refractivity contribution in [2.24, 2.45) is 4.99 Å². The summed E-state index contributed by atoms with van der Waals surface area (Å²) in [7, 11) is -4.42. The molecule has 0 aromatic carbocycles. The predicted octanol–water partition coefficient (Wildman–Crippen LogP) is 5.36. The monoisotopic (exact) mass is 490 g/mol. The summed E-state index contributed by atoms with van der Waals surface area (Å²) in [5.41, 5.74) is 0. The van der Waals surface area contributed by atoms with Crippen LogP contribution in [-0.2, 0) is 14.6 Å². The van der Waals surface area contributed by atoms with Gasteiger partial charge in [-0.1, -0.05) is 70.4 Å². The van der Waals surface area contributed by atoms with E-state index in [2.05, 4.69) is 34.6 Å². The van der Waals surface area contributed by atoms with Gasteiger partial charge in [0.25, 0.3) is 0 Å². The molecule has 1 atom stereocenters. The molecule has 33 heavy (non-hydrogen) atoms. The van der Waals surface area contributed by atoms with E-state index in [1.165, 1.54) is 96.8 Å². The normalized spacial score (nSPS) is 18.1. The molecule has 0 saturated carbocycles. The molecule has 0 amide bonds. The van der Waals surface area contributed by atoms with Crippen LogP contribution in [0, 0.1) is 0 Å². The minimum atomic E-state index is -4.42. The molecule has 1 aliphatic rings. The van der Waals surface area contributed by atoms with Gasteiger partial charge in [-0.2, -0.15) is 0 Å². The lowest BCUT2D eigenvalue weighted by atomic mass is 10.1. The summed E-state index contributed by atoms with van der Waals surface area (Å²) >= 11 is 0. The van der Waals surface area contributed by atoms with E-state index in [9.17, 15) is 18.1 Å². The van der Waals surface area contributed by atoms with E-state index in [4.69, 9.17) is 0 Å². The van der Waals surface area contributed by atoms with Crippen molar-refractivity contribution in [2.45, 2.75) is 104 Å². The maximum Gasteiger partial charge on any atom is 0.217 e. The SMILES string of the molecule is CCCCCCCC/C=C\CCCCCCCC[N+]1(CCO)C=NCC1.CCOS(=O)(=O)[O-]. The van der Waals surface area contributed by atoms with Gasteiger partial charge < -0.3 is 9.66 Å². The van der Waals surface area contributed by atoms with E-state index in [1.807, 2.05) is 0 Å². The summed E-state index contributed by atoms with van der Waals surface area (Å²) < 4.78 is 32.9. The number of rotatable bonds is 20. The molecule has 7 nitrogen and oxygen atoms in total. The molecule has 1 aliphatic heterocycles. The molecule has 1 rings (SSSR count). The Kier molecular flexibility index (Phi) is 21.2. The van der Waals surface area contributed by atoms with Gasteiger partial charge in [-0.15, -0.1) is 0 Å². The van der Waals surface area contributed by atoms with Crippen molar-refractivity contribution in [1.29, 1.82) is 0 Å². The van der Waals surface area contributed by atoms with Crippen molar-refractivity contribution in [2.75, 3.05) is 39.4 Å². The Hall–Kier alpha value is -0.800. The van der Waals surface area contributed by atoms with Crippen LogP contribution >= 0.6 is 0 Å². The van der Waals surface area contributed by atoms with Crippen LogP contribution in [0.5, 0.6) is 0 Å². The zero-order valence-electron chi connectivity index (χ0n) is 21.3. The largest absolute Gasteiger partial charge is 0.726 e. The smallest absolute Gasteiger partial charge is 0.217 e. The van der Waals surface area contributed by atoms with Crippen molar-refractivity contribution in [3.05, 3.63) is 12.2 Å². The number of nitrogens with zero attached hydrogens (tertiary/aromatic N) is 2. The standard InChI is InChI=1S/C23H45N2O.C2H6O4S/c1-2-3-4-5-6-7-8-9-10-11-12-13-14-15-16-17-19-25(21-22-26)20-18-24-23-25;1-2-6-7(3,4)5/h9-10,23,26H,2-8,11-22H2,1H3;2H2,1H3,(H,3,4,5)/q+1;/p-1/b10-9-;. The van der Waals surface area contributed by atoms with Crippen LogP contribution in [0.1, 0.15) is 104 Å². The maximum atomic E-state index is 9.45. The zero-order chi connectivity index (χ0) is 24.7. The first-order valence-corrected chi connectivity index (χ1v) is 14.5. The number of hydrogen-bond acceptors (Lipinski definition) is 6. The van der Waals surface area contributed by atoms with Gasteiger partial charge in [-0.05, 0) is 45.4 Å². The number of allylic oxidation sites excluding steroid dienone is 2. The van der Waals surface area contributed by atoms with E-state index in [1.54, 1.807) is 0 Å². The van der Waals surface area contributed by atoms with Crippen LogP contribution in [0.3, 0.4) is 0 Å². The molecule has 0 fully saturated rings. The minimum Gasteiger partial charge on any atom is -0.726 e. The molecule has 0 aromatic heterocycles. The topological polar surface area (TPSA) is 99.0 Å². The van der Waals surface area contributed by atoms with Gasteiger partial charge in [0.05, 0.1) is 26.3 Å². The third-order valence-electron chi connectivity index (χ3n) is 5.92. The molecule has 0 aliphatic carbocycles. The molecule has 0 radical (unpaired) electrons. The summed E-state index contributed by atoms with van der Waals surface area (Å²) in [6, 6.07) is 0. The Labute approximate surface area is 203 Å². The Morgan fingerprint density at radius 2 is 1.45 bits per heavy atom. The summed E-state index contributed by atoms with van der Waals surface area (Å²) in [6.07, 6.45) is 25.9. The molecule has 0 spiro atoms. The second kappa shape index (κ2) is 21.7. The number of aliphatic hydroxyl groups excluding tert-OH is 1. The number of quaternary nitrogens is 1. The van der Waals surface area contributed by atoms with Crippen molar-refractivity contribution in [1.82, 2.24) is 0 Å². The second-order valence-electron chi connectivity index (χ2n) is 8.89. The molecule has 0 bridgehead atoms. The highest BCUT2D eigenvalue weighted by Gasteiger charge is 2.27. The second-order valence-corrected chi connectivity index (χ2v) is 9.94. The van der Waals surface area contributed by atoms with Gasteiger partial charge >= 0.3 is 0 Å². The van der Waals surface area contributed by atoms with E-state index < -0.39 is 10.4 Å². The maximum absolute atomic E-state index is 9.45. The lowest BCUT2D eigenvalue weighted by Gasteiger charge is -2.29. The quantitative estimate of drug-likeness (QED) is 0.0814. The van der Waals surface area contributed by atoms with Crippen molar-refractivity contribution in [3.8, 4) is 0 Å². The predicted molar refractivity (Wildman–Crippen MR) is 136 cm³/mol. The minimum absolute atomic E-state index is 0.0914. The molecule has 0 saturated heterocycles. The van der Waals surface area contributed by atoms with Crippen LogP contribution < -0.4 is 0 Å². The first kappa shape index (κ1) is 32.2. The van der Waals surface area contributed by atoms with Crippen LogP contribution in [0.15, 0.2) is 17.1 Å². The Balaban J connectivity index is 0.00000126. The summed E-state index contributed by atoms with van der Waals surface area (Å²) in [4.78, 5) is 4.38. The van der Waals surface area contributed by atoms with Crippen molar-refractivity contribution < 1.29 is 26.7 Å². The Bertz CT molecular complexity index is 596. The molecular formula is C25H50N2O5S. The lowest BCUT2D eigenvalue weighted by molar-refractivity contribution is -0.829. The van der Waals surface area contributed by atoms with Gasteiger partial charge in [0.1, 0.15) is 13.1 Å². The summed E-state index contributed by atoms with van der Waals surface area (Å²) in [6.45, 7) is 7.92. The van der Waals surface area contributed by atoms with Gasteiger partial charge in [-0.3, -0.25) is 8.67 Å². The van der Waals surface area contributed by atoms with E-state index >= 15 is 0 Å². The van der Waals surface area contributed by atoms with Crippen LogP contribution in [-0.4, -0.2) is 68.3 Å². The van der Waals surface area contributed by atoms with Crippen LogP contribution in [0.4, 0.5) is 0 Å².